The molecule has 0 aliphatic heterocycles. The number of nitrogens with one attached hydrogen (secondary N) is 2. The maximum atomic E-state index is 12.2. The number of hydrogen-bond acceptors (Lipinski definition) is 3. The van der Waals surface area contributed by atoms with Gasteiger partial charge in [-0.2, -0.15) is 0 Å². The van der Waals surface area contributed by atoms with Gasteiger partial charge in [-0.05, 0) is 43.0 Å². The predicted octanol–water partition coefficient (Wildman–Crippen LogP) is 4.06. The van der Waals surface area contributed by atoms with Crippen LogP contribution in [0.3, 0.4) is 0 Å². The van der Waals surface area contributed by atoms with Crippen LogP contribution in [-0.4, -0.2) is 16.9 Å². The van der Waals surface area contributed by atoms with Crippen molar-refractivity contribution in [1.82, 2.24) is 10.3 Å². The molecule has 1 aromatic carbocycles. The summed E-state index contributed by atoms with van der Waals surface area (Å²) in [4.78, 5) is 16.5. The fourth-order valence-corrected chi connectivity index (χ4v) is 3.17. The van der Waals surface area contributed by atoms with Gasteiger partial charge in [0.1, 0.15) is 5.69 Å². The fraction of sp³-hybridized carbons (Fsp3) is 0.400. The van der Waals surface area contributed by atoms with E-state index in [1.807, 2.05) is 37.3 Å². The van der Waals surface area contributed by atoms with Gasteiger partial charge in [-0.3, -0.25) is 4.79 Å². The summed E-state index contributed by atoms with van der Waals surface area (Å²) in [6.07, 6.45) is 8.14. The lowest BCUT2D eigenvalue weighted by Crippen LogP contribution is -2.25. The van der Waals surface area contributed by atoms with Gasteiger partial charge in [0.15, 0.2) is 0 Å². The third-order valence-electron chi connectivity index (χ3n) is 4.67. The van der Waals surface area contributed by atoms with E-state index in [1.54, 1.807) is 12.3 Å². The second kappa shape index (κ2) is 7.95. The molecule has 0 saturated heterocycles. The number of nitrogens with zero attached hydrogens (tertiary/aromatic N) is 1. The first-order valence-corrected chi connectivity index (χ1v) is 8.77. The number of hydrogen-bond donors (Lipinski definition) is 2. The van der Waals surface area contributed by atoms with Crippen molar-refractivity contribution < 1.29 is 4.79 Å². The van der Waals surface area contributed by atoms with Crippen molar-refractivity contribution in [3.63, 3.8) is 0 Å². The maximum Gasteiger partial charge on any atom is 0.270 e. The van der Waals surface area contributed by atoms with E-state index in [-0.39, 0.29) is 5.91 Å². The number of aromatic nitrogens is 1. The zero-order valence-electron chi connectivity index (χ0n) is 14.2. The Hall–Kier alpha value is -2.36. The van der Waals surface area contributed by atoms with Gasteiger partial charge in [0, 0.05) is 12.6 Å². The van der Waals surface area contributed by atoms with E-state index in [0.717, 1.165) is 11.3 Å². The Balaban J connectivity index is 1.54. The van der Waals surface area contributed by atoms with Crippen LogP contribution in [0.1, 0.15) is 53.7 Å². The third-order valence-corrected chi connectivity index (χ3v) is 4.67. The van der Waals surface area contributed by atoms with Crippen LogP contribution in [-0.2, 0) is 6.54 Å². The topological polar surface area (TPSA) is 54.0 Å². The zero-order valence-corrected chi connectivity index (χ0v) is 14.2. The highest BCUT2D eigenvalue weighted by atomic mass is 16.1. The summed E-state index contributed by atoms with van der Waals surface area (Å²) in [7, 11) is 0. The van der Waals surface area contributed by atoms with Crippen molar-refractivity contribution >= 4 is 11.6 Å². The number of aryl methyl sites for hydroxylation is 1. The molecule has 1 aliphatic carbocycles. The summed E-state index contributed by atoms with van der Waals surface area (Å²) < 4.78 is 0. The number of carbonyl (C=O) groups is 1. The van der Waals surface area contributed by atoms with Gasteiger partial charge in [-0.25, -0.2) is 4.98 Å². The summed E-state index contributed by atoms with van der Waals surface area (Å²) in [6, 6.07) is 12.3. The van der Waals surface area contributed by atoms with Crippen molar-refractivity contribution in [2.75, 3.05) is 5.32 Å². The van der Waals surface area contributed by atoms with Gasteiger partial charge in [0.25, 0.3) is 5.91 Å². The van der Waals surface area contributed by atoms with Crippen LogP contribution in [0.5, 0.6) is 0 Å². The van der Waals surface area contributed by atoms with Gasteiger partial charge in [0.05, 0.1) is 11.9 Å². The van der Waals surface area contributed by atoms with Gasteiger partial charge in [0.2, 0.25) is 0 Å². The highest BCUT2D eigenvalue weighted by Crippen LogP contribution is 2.21. The van der Waals surface area contributed by atoms with E-state index in [4.69, 9.17) is 0 Å². The van der Waals surface area contributed by atoms with E-state index >= 15 is 0 Å². The van der Waals surface area contributed by atoms with E-state index in [2.05, 4.69) is 15.6 Å². The van der Waals surface area contributed by atoms with E-state index in [9.17, 15) is 4.79 Å². The second-order valence-electron chi connectivity index (χ2n) is 6.52. The zero-order chi connectivity index (χ0) is 16.8. The molecule has 1 fully saturated rings. The smallest absolute Gasteiger partial charge is 0.270 e. The molecule has 1 heterocycles. The Kier molecular flexibility index (Phi) is 5.47. The van der Waals surface area contributed by atoms with Crippen LogP contribution in [0.2, 0.25) is 0 Å². The van der Waals surface area contributed by atoms with Crippen molar-refractivity contribution in [1.29, 1.82) is 0 Å². The number of amides is 1. The summed E-state index contributed by atoms with van der Waals surface area (Å²) in [5, 5.41) is 6.45. The van der Waals surface area contributed by atoms with Crippen molar-refractivity contribution in [2.24, 2.45) is 0 Å². The molecule has 1 aromatic heterocycles. The Morgan fingerprint density at radius 1 is 1.12 bits per heavy atom. The van der Waals surface area contributed by atoms with E-state index < -0.39 is 0 Å². The predicted molar refractivity (Wildman–Crippen MR) is 97.1 cm³/mol. The highest BCUT2D eigenvalue weighted by molar-refractivity contribution is 5.92. The van der Waals surface area contributed by atoms with Crippen molar-refractivity contribution in [3.8, 4) is 0 Å². The summed E-state index contributed by atoms with van der Waals surface area (Å²) >= 11 is 0. The molecular formula is C20H25N3O. The lowest BCUT2D eigenvalue weighted by molar-refractivity contribution is 0.0946. The minimum Gasteiger partial charge on any atom is -0.381 e. The first-order valence-electron chi connectivity index (χ1n) is 8.77. The first kappa shape index (κ1) is 16.5. The fourth-order valence-electron chi connectivity index (χ4n) is 3.17. The molecule has 1 saturated carbocycles. The number of rotatable bonds is 5. The SMILES string of the molecule is Cc1ccccc1CNC(=O)c1ccc(NC2CCCCC2)cn1. The average molecular weight is 323 g/mol. The molecule has 24 heavy (non-hydrogen) atoms. The molecule has 4 heteroatoms. The normalized spacial score (nSPS) is 15.0. The molecule has 126 valence electrons. The molecule has 0 bridgehead atoms. The number of benzene rings is 1. The summed E-state index contributed by atoms with van der Waals surface area (Å²) in [5.41, 5.74) is 3.76. The van der Waals surface area contributed by atoms with Gasteiger partial charge in [-0.15, -0.1) is 0 Å². The Labute approximate surface area is 143 Å². The van der Waals surface area contributed by atoms with Crippen molar-refractivity contribution in [2.45, 2.75) is 51.6 Å². The number of pyridine rings is 1. The minimum absolute atomic E-state index is 0.137. The number of anilines is 1. The average Bonchev–Trinajstić information content (AvgIpc) is 2.62. The van der Waals surface area contributed by atoms with Gasteiger partial charge < -0.3 is 10.6 Å². The minimum atomic E-state index is -0.137. The Morgan fingerprint density at radius 2 is 1.92 bits per heavy atom. The molecule has 3 rings (SSSR count). The number of carbonyl (C=O) groups excluding carboxylic acids is 1. The van der Waals surface area contributed by atoms with Crippen LogP contribution in [0.15, 0.2) is 42.6 Å². The Morgan fingerprint density at radius 3 is 2.62 bits per heavy atom. The molecule has 0 atom stereocenters. The monoisotopic (exact) mass is 323 g/mol. The van der Waals surface area contributed by atoms with Gasteiger partial charge in [-0.1, -0.05) is 43.5 Å². The molecule has 2 aromatic rings. The quantitative estimate of drug-likeness (QED) is 0.872. The highest BCUT2D eigenvalue weighted by Gasteiger charge is 2.13. The van der Waals surface area contributed by atoms with Crippen LogP contribution in [0, 0.1) is 6.92 Å². The molecular weight excluding hydrogens is 298 g/mol. The lowest BCUT2D eigenvalue weighted by atomic mass is 9.95. The molecule has 1 amide bonds. The summed E-state index contributed by atoms with van der Waals surface area (Å²) in [6.45, 7) is 2.57. The standard InChI is InChI=1S/C20H25N3O/c1-15-7-5-6-8-16(15)13-22-20(24)19-12-11-18(14-21-19)23-17-9-3-2-4-10-17/h5-8,11-12,14,17,23H,2-4,9-10,13H2,1H3,(H,22,24). The molecule has 2 N–H and O–H groups in total. The molecule has 4 nitrogen and oxygen atoms in total. The summed E-state index contributed by atoms with van der Waals surface area (Å²) in [5.74, 6) is -0.137. The first-order chi connectivity index (χ1) is 11.7. The Bertz CT molecular complexity index is 676. The third kappa shape index (κ3) is 4.34. The van der Waals surface area contributed by atoms with Crippen molar-refractivity contribution in [3.05, 3.63) is 59.4 Å². The van der Waals surface area contributed by atoms with Gasteiger partial charge >= 0.3 is 0 Å². The maximum absolute atomic E-state index is 12.2. The molecule has 0 radical (unpaired) electrons. The van der Waals surface area contributed by atoms with Crippen LogP contribution in [0.4, 0.5) is 5.69 Å². The van der Waals surface area contributed by atoms with Crippen LogP contribution in [0.25, 0.3) is 0 Å². The van der Waals surface area contributed by atoms with Crippen LogP contribution >= 0.6 is 0 Å². The van der Waals surface area contributed by atoms with E-state index in [0.29, 0.717) is 18.3 Å². The molecule has 0 spiro atoms. The molecule has 0 unspecified atom stereocenters. The van der Waals surface area contributed by atoms with Crippen LogP contribution < -0.4 is 10.6 Å². The van der Waals surface area contributed by atoms with E-state index in [1.165, 1.54) is 37.7 Å². The largest absolute Gasteiger partial charge is 0.381 e. The molecule has 1 aliphatic rings. The lowest BCUT2D eigenvalue weighted by Gasteiger charge is -2.23. The second-order valence-corrected chi connectivity index (χ2v) is 6.52.